The summed E-state index contributed by atoms with van der Waals surface area (Å²) in [5, 5.41) is 6.35. The molecule has 2 N–H and O–H groups in total. The summed E-state index contributed by atoms with van der Waals surface area (Å²) in [6.07, 6.45) is 1.28. The molecule has 0 unspecified atom stereocenters. The van der Waals surface area contributed by atoms with Gasteiger partial charge in [0.05, 0.1) is 0 Å². The monoisotopic (exact) mass is 350 g/mol. The van der Waals surface area contributed by atoms with Gasteiger partial charge in [0.1, 0.15) is 6.54 Å². The first kappa shape index (κ1) is 20.6. The Morgan fingerprint density at radius 2 is 1.83 bits per heavy atom. The van der Waals surface area contributed by atoms with Crippen LogP contribution in [0.15, 0.2) is 4.99 Å². The minimum Gasteiger partial charge on any atom is -0.356 e. The summed E-state index contributed by atoms with van der Waals surface area (Å²) in [5.74, 6) is 0.404. The molecule has 1 aliphatic carbocycles. The van der Waals surface area contributed by atoms with Gasteiger partial charge in [0.25, 0.3) is 0 Å². The van der Waals surface area contributed by atoms with Crippen molar-refractivity contribution in [2.24, 2.45) is 4.99 Å². The SMILES string of the molecule is CN(C)C(=O)CN=C(NCCCCC(F)(F)F)NC1CCCCC1. The number of hydrogen-bond donors (Lipinski definition) is 2. The topological polar surface area (TPSA) is 56.7 Å². The van der Waals surface area contributed by atoms with Crippen molar-refractivity contribution < 1.29 is 18.0 Å². The molecule has 0 aromatic rings. The quantitative estimate of drug-likeness (QED) is 0.422. The highest BCUT2D eigenvalue weighted by Crippen LogP contribution is 2.21. The Kier molecular flexibility index (Phi) is 8.92. The number of unbranched alkanes of at least 4 members (excludes halogenated alkanes) is 1. The fraction of sp³-hybridized carbons (Fsp3) is 0.875. The summed E-state index contributed by atoms with van der Waals surface area (Å²) in [4.78, 5) is 17.4. The summed E-state index contributed by atoms with van der Waals surface area (Å²) >= 11 is 0. The first-order valence-electron chi connectivity index (χ1n) is 8.59. The van der Waals surface area contributed by atoms with Crippen LogP contribution >= 0.6 is 0 Å². The van der Waals surface area contributed by atoms with E-state index >= 15 is 0 Å². The van der Waals surface area contributed by atoms with Crippen molar-refractivity contribution in [1.82, 2.24) is 15.5 Å². The van der Waals surface area contributed by atoms with Crippen molar-refractivity contribution in [2.45, 2.75) is 63.6 Å². The number of guanidine groups is 1. The van der Waals surface area contributed by atoms with Crippen molar-refractivity contribution in [3.63, 3.8) is 0 Å². The zero-order valence-corrected chi connectivity index (χ0v) is 14.6. The largest absolute Gasteiger partial charge is 0.389 e. The predicted octanol–water partition coefficient (Wildman–Crippen LogP) is 2.68. The third kappa shape index (κ3) is 9.62. The van der Waals surface area contributed by atoms with Gasteiger partial charge >= 0.3 is 6.18 Å². The smallest absolute Gasteiger partial charge is 0.356 e. The molecular weight excluding hydrogens is 321 g/mol. The number of carbonyl (C=O) groups excluding carboxylic acids is 1. The van der Waals surface area contributed by atoms with E-state index in [-0.39, 0.29) is 18.9 Å². The van der Waals surface area contributed by atoms with E-state index < -0.39 is 12.6 Å². The normalized spacial score (nSPS) is 16.8. The van der Waals surface area contributed by atoms with Crippen LogP contribution in [0.4, 0.5) is 13.2 Å². The molecule has 5 nitrogen and oxygen atoms in total. The Hall–Kier alpha value is -1.47. The molecule has 1 amide bonds. The Balaban J connectivity index is 2.44. The molecule has 1 fully saturated rings. The van der Waals surface area contributed by atoms with Crippen molar-refractivity contribution in [2.75, 3.05) is 27.2 Å². The molecule has 1 aliphatic rings. The standard InChI is InChI=1S/C16H29F3N4O/c1-23(2)14(24)12-21-15(22-13-8-4-3-5-9-13)20-11-7-6-10-16(17,18)19/h13H,3-12H2,1-2H3,(H2,20,21,22). The number of nitrogens with zero attached hydrogens (tertiary/aromatic N) is 2. The van der Waals surface area contributed by atoms with E-state index in [0.29, 0.717) is 25.0 Å². The van der Waals surface area contributed by atoms with Crippen LogP contribution < -0.4 is 10.6 Å². The average Bonchev–Trinajstić information content (AvgIpc) is 2.51. The molecule has 0 saturated heterocycles. The maximum absolute atomic E-state index is 12.1. The molecule has 0 aliphatic heterocycles. The predicted molar refractivity (Wildman–Crippen MR) is 88.9 cm³/mol. The van der Waals surface area contributed by atoms with Crippen molar-refractivity contribution in [1.29, 1.82) is 0 Å². The van der Waals surface area contributed by atoms with E-state index in [1.807, 2.05) is 0 Å². The zero-order valence-electron chi connectivity index (χ0n) is 14.6. The van der Waals surface area contributed by atoms with E-state index in [0.717, 1.165) is 25.7 Å². The van der Waals surface area contributed by atoms with Gasteiger partial charge in [-0.15, -0.1) is 0 Å². The van der Waals surface area contributed by atoms with Gasteiger partial charge in [0.2, 0.25) is 5.91 Å². The fourth-order valence-corrected chi connectivity index (χ4v) is 2.54. The van der Waals surface area contributed by atoms with Crippen LogP contribution in [0.25, 0.3) is 0 Å². The number of likely N-dealkylation sites (N-methyl/N-ethyl adjacent to an activating group) is 1. The van der Waals surface area contributed by atoms with E-state index in [2.05, 4.69) is 15.6 Å². The first-order chi connectivity index (χ1) is 11.3. The average molecular weight is 350 g/mol. The van der Waals surface area contributed by atoms with Gasteiger partial charge in [-0.25, -0.2) is 4.99 Å². The highest BCUT2D eigenvalue weighted by Gasteiger charge is 2.25. The van der Waals surface area contributed by atoms with Crippen LogP contribution in [-0.2, 0) is 4.79 Å². The lowest BCUT2D eigenvalue weighted by Gasteiger charge is -2.25. The van der Waals surface area contributed by atoms with Crippen LogP contribution in [-0.4, -0.2) is 56.2 Å². The molecule has 1 saturated carbocycles. The molecule has 0 heterocycles. The summed E-state index contributed by atoms with van der Waals surface area (Å²) < 4.78 is 36.4. The molecule has 0 radical (unpaired) electrons. The number of alkyl halides is 3. The van der Waals surface area contributed by atoms with Crippen LogP contribution in [0.1, 0.15) is 51.4 Å². The lowest BCUT2D eigenvalue weighted by molar-refractivity contribution is -0.135. The van der Waals surface area contributed by atoms with E-state index in [9.17, 15) is 18.0 Å². The number of amides is 1. The molecule has 0 spiro atoms. The van der Waals surface area contributed by atoms with E-state index in [4.69, 9.17) is 0 Å². The number of hydrogen-bond acceptors (Lipinski definition) is 2. The minimum atomic E-state index is -4.10. The maximum atomic E-state index is 12.1. The second-order valence-electron chi connectivity index (χ2n) is 6.43. The first-order valence-corrected chi connectivity index (χ1v) is 8.59. The van der Waals surface area contributed by atoms with E-state index in [1.54, 1.807) is 14.1 Å². The van der Waals surface area contributed by atoms with Gasteiger partial charge in [-0.2, -0.15) is 13.2 Å². The Morgan fingerprint density at radius 3 is 2.42 bits per heavy atom. The second-order valence-corrected chi connectivity index (χ2v) is 6.43. The molecule has 1 rings (SSSR count). The number of aliphatic imine (C=N–C) groups is 1. The molecule has 0 bridgehead atoms. The molecular formula is C16H29F3N4O. The van der Waals surface area contributed by atoms with Gasteiger partial charge in [0, 0.05) is 33.1 Å². The van der Waals surface area contributed by atoms with Crippen LogP contribution in [0.2, 0.25) is 0 Å². The zero-order chi connectivity index (χ0) is 18.0. The van der Waals surface area contributed by atoms with Crippen molar-refractivity contribution >= 4 is 11.9 Å². The molecule has 140 valence electrons. The van der Waals surface area contributed by atoms with Gasteiger partial charge in [-0.05, 0) is 25.7 Å². The maximum Gasteiger partial charge on any atom is 0.389 e. The fourth-order valence-electron chi connectivity index (χ4n) is 2.54. The highest BCUT2D eigenvalue weighted by atomic mass is 19.4. The number of nitrogens with one attached hydrogen (secondary N) is 2. The van der Waals surface area contributed by atoms with Crippen LogP contribution in [0.5, 0.6) is 0 Å². The summed E-state index contributed by atoms with van der Waals surface area (Å²) in [5.41, 5.74) is 0. The highest BCUT2D eigenvalue weighted by molar-refractivity contribution is 5.84. The van der Waals surface area contributed by atoms with Gasteiger partial charge < -0.3 is 15.5 Å². The van der Waals surface area contributed by atoms with Crippen molar-refractivity contribution in [3.8, 4) is 0 Å². The van der Waals surface area contributed by atoms with Crippen molar-refractivity contribution in [3.05, 3.63) is 0 Å². The second kappa shape index (κ2) is 10.4. The van der Waals surface area contributed by atoms with E-state index in [1.165, 1.54) is 11.3 Å². The summed E-state index contributed by atoms with van der Waals surface area (Å²) in [6, 6.07) is 0.314. The Labute approximate surface area is 142 Å². The van der Waals surface area contributed by atoms with Gasteiger partial charge in [0.15, 0.2) is 5.96 Å². The van der Waals surface area contributed by atoms with Crippen LogP contribution in [0, 0.1) is 0 Å². The summed E-state index contributed by atoms with van der Waals surface area (Å²) in [7, 11) is 3.33. The molecule has 0 aromatic carbocycles. The lowest BCUT2D eigenvalue weighted by Crippen LogP contribution is -2.45. The molecule has 0 atom stereocenters. The summed E-state index contributed by atoms with van der Waals surface area (Å²) in [6.45, 7) is 0.433. The number of carbonyl (C=O) groups is 1. The van der Waals surface area contributed by atoms with Crippen LogP contribution in [0.3, 0.4) is 0 Å². The number of halogens is 3. The van der Waals surface area contributed by atoms with Gasteiger partial charge in [-0.3, -0.25) is 4.79 Å². The Morgan fingerprint density at radius 1 is 1.17 bits per heavy atom. The molecule has 24 heavy (non-hydrogen) atoms. The Bertz CT molecular complexity index is 405. The van der Waals surface area contributed by atoms with Gasteiger partial charge in [-0.1, -0.05) is 19.3 Å². The third-order valence-electron chi connectivity index (χ3n) is 4.00. The lowest BCUT2D eigenvalue weighted by atomic mass is 9.96. The molecule has 8 heteroatoms. The minimum absolute atomic E-state index is 0.0254. The number of rotatable bonds is 7. The third-order valence-corrected chi connectivity index (χ3v) is 4.00. The molecule has 0 aromatic heterocycles.